The predicted molar refractivity (Wildman–Crippen MR) is 73.6 cm³/mol. The molecule has 0 unspecified atom stereocenters. The van der Waals surface area contributed by atoms with E-state index in [-0.39, 0.29) is 0 Å². The van der Waals surface area contributed by atoms with Crippen molar-refractivity contribution in [2.24, 2.45) is 5.73 Å². The number of pyridine rings is 1. The van der Waals surface area contributed by atoms with E-state index in [1.807, 2.05) is 26.0 Å². The van der Waals surface area contributed by atoms with E-state index in [9.17, 15) is 4.79 Å². The zero-order chi connectivity index (χ0) is 13.7. The fourth-order valence-electron chi connectivity index (χ4n) is 1.62. The molecule has 0 saturated heterocycles. The van der Waals surface area contributed by atoms with E-state index in [0.29, 0.717) is 17.1 Å². The van der Waals surface area contributed by atoms with Crippen LogP contribution >= 0.6 is 0 Å². The second-order valence-electron chi connectivity index (χ2n) is 4.57. The standard InChI is InChI=1S/C12H21N5O/c1-16(2)5-4-6-17(3)11-7-9(12(14)18)10(13)8-15-11/h7-8H,4-6,13H2,1-3H3,(H2,14,18). The summed E-state index contributed by atoms with van der Waals surface area (Å²) in [6.45, 7) is 1.86. The summed E-state index contributed by atoms with van der Waals surface area (Å²) in [7, 11) is 6.00. The Kier molecular flexibility index (Phi) is 4.91. The van der Waals surface area contributed by atoms with Gasteiger partial charge in [-0.05, 0) is 33.1 Å². The first-order valence-electron chi connectivity index (χ1n) is 5.83. The zero-order valence-electron chi connectivity index (χ0n) is 11.2. The van der Waals surface area contributed by atoms with Gasteiger partial charge < -0.3 is 21.3 Å². The molecule has 0 saturated carbocycles. The van der Waals surface area contributed by atoms with Crippen LogP contribution in [0, 0.1) is 0 Å². The molecule has 1 heterocycles. The number of carbonyl (C=O) groups is 1. The van der Waals surface area contributed by atoms with Crippen molar-refractivity contribution < 1.29 is 4.79 Å². The van der Waals surface area contributed by atoms with E-state index >= 15 is 0 Å². The van der Waals surface area contributed by atoms with Crippen molar-refractivity contribution in [1.82, 2.24) is 9.88 Å². The molecular weight excluding hydrogens is 230 g/mol. The molecule has 1 rings (SSSR count). The maximum atomic E-state index is 11.2. The summed E-state index contributed by atoms with van der Waals surface area (Å²) in [5.41, 5.74) is 11.5. The van der Waals surface area contributed by atoms with Gasteiger partial charge in [0.05, 0.1) is 17.4 Å². The first-order chi connectivity index (χ1) is 8.41. The highest BCUT2D eigenvalue weighted by atomic mass is 16.1. The van der Waals surface area contributed by atoms with Gasteiger partial charge >= 0.3 is 0 Å². The summed E-state index contributed by atoms with van der Waals surface area (Å²) in [5.74, 6) is 0.176. The lowest BCUT2D eigenvalue weighted by Crippen LogP contribution is -2.24. The highest BCUT2D eigenvalue weighted by Gasteiger charge is 2.10. The molecule has 0 atom stereocenters. The number of nitrogens with two attached hydrogens (primary N) is 2. The van der Waals surface area contributed by atoms with E-state index < -0.39 is 5.91 Å². The summed E-state index contributed by atoms with van der Waals surface area (Å²) >= 11 is 0. The Morgan fingerprint density at radius 1 is 1.33 bits per heavy atom. The molecule has 1 aromatic heterocycles. The monoisotopic (exact) mass is 251 g/mol. The van der Waals surface area contributed by atoms with Gasteiger partial charge in [0.2, 0.25) is 0 Å². The van der Waals surface area contributed by atoms with E-state index in [2.05, 4.69) is 9.88 Å². The topological polar surface area (TPSA) is 88.5 Å². The van der Waals surface area contributed by atoms with Crippen LogP contribution in [0.2, 0.25) is 0 Å². The van der Waals surface area contributed by atoms with Crippen molar-refractivity contribution in [2.75, 3.05) is 44.9 Å². The molecule has 6 nitrogen and oxygen atoms in total. The van der Waals surface area contributed by atoms with Gasteiger partial charge in [-0.15, -0.1) is 0 Å². The number of hydrogen-bond acceptors (Lipinski definition) is 5. The van der Waals surface area contributed by atoms with Crippen LogP contribution < -0.4 is 16.4 Å². The molecule has 0 aliphatic carbocycles. The second kappa shape index (κ2) is 6.20. The molecular formula is C12H21N5O. The molecule has 0 radical (unpaired) electrons. The molecule has 0 bridgehead atoms. The average molecular weight is 251 g/mol. The van der Waals surface area contributed by atoms with Crippen molar-refractivity contribution in [3.8, 4) is 0 Å². The predicted octanol–water partition coefficient (Wildman–Crippen LogP) is 0.151. The van der Waals surface area contributed by atoms with Crippen LogP contribution in [-0.4, -0.2) is 50.0 Å². The van der Waals surface area contributed by atoms with Crippen molar-refractivity contribution >= 4 is 17.4 Å². The molecule has 100 valence electrons. The van der Waals surface area contributed by atoms with Gasteiger partial charge in [0, 0.05) is 13.6 Å². The third-order valence-corrected chi connectivity index (χ3v) is 2.68. The second-order valence-corrected chi connectivity index (χ2v) is 4.57. The zero-order valence-corrected chi connectivity index (χ0v) is 11.2. The van der Waals surface area contributed by atoms with Crippen molar-refractivity contribution in [3.05, 3.63) is 17.8 Å². The molecule has 1 aromatic rings. The smallest absolute Gasteiger partial charge is 0.250 e. The van der Waals surface area contributed by atoms with E-state index in [0.717, 1.165) is 19.5 Å². The Hall–Kier alpha value is -1.82. The van der Waals surface area contributed by atoms with Crippen LogP contribution in [0.5, 0.6) is 0 Å². The minimum Gasteiger partial charge on any atom is -0.397 e. The maximum absolute atomic E-state index is 11.2. The van der Waals surface area contributed by atoms with Crippen LogP contribution in [0.25, 0.3) is 0 Å². The lowest BCUT2D eigenvalue weighted by Gasteiger charge is -2.20. The van der Waals surface area contributed by atoms with Gasteiger partial charge in [0.1, 0.15) is 5.82 Å². The molecule has 0 aromatic carbocycles. The Morgan fingerprint density at radius 3 is 2.56 bits per heavy atom. The van der Waals surface area contributed by atoms with Gasteiger partial charge in [-0.3, -0.25) is 4.79 Å². The molecule has 1 amide bonds. The lowest BCUT2D eigenvalue weighted by atomic mass is 10.2. The Balaban J connectivity index is 2.71. The molecule has 0 fully saturated rings. The number of carbonyl (C=O) groups excluding carboxylic acids is 1. The number of anilines is 2. The number of aromatic nitrogens is 1. The van der Waals surface area contributed by atoms with Gasteiger partial charge in [-0.1, -0.05) is 0 Å². The molecule has 0 aliphatic heterocycles. The largest absolute Gasteiger partial charge is 0.397 e. The first-order valence-corrected chi connectivity index (χ1v) is 5.83. The SMILES string of the molecule is CN(C)CCCN(C)c1cc(C(N)=O)c(N)cn1. The minimum absolute atomic E-state index is 0.313. The minimum atomic E-state index is -0.530. The van der Waals surface area contributed by atoms with Crippen LogP contribution in [0.1, 0.15) is 16.8 Å². The number of primary amides is 1. The van der Waals surface area contributed by atoms with E-state index in [1.165, 1.54) is 6.20 Å². The van der Waals surface area contributed by atoms with Crippen LogP contribution in [-0.2, 0) is 0 Å². The van der Waals surface area contributed by atoms with E-state index in [1.54, 1.807) is 6.07 Å². The van der Waals surface area contributed by atoms with Crippen LogP contribution in [0.3, 0.4) is 0 Å². The lowest BCUT2D eigenvalue weighted by molar-refractivity contribution is 0.100. The van der Waals surface area contributed by atoms with Crippen LogP contribution in [0.15, 0.2) is 12.3 Å². The quantitative estimate of drug-likeness (QED) is 0.751. The van der Waals surface area contributed by atoms with Gasteiger partial charge in [0.15, 0.2) is 0 Å². The van der Waals surface area contributed by atoms with E-state index in [4.69, 9.17) is 11.5 Å². The maximum Gasteiger partial charge on any atom is 0.250 e. The molecule has 6 heteroatoms. The van der Waals surface area contributed by atoms with Crippen molar-refractivity contribution in [2.45, 2.75) is 6.42 Å². The first kappa shape index (κ1) is 14.2. The summed E-state index contributed by atoms with van der Waals surface area (Å²) < 4.78 is 0. The number of nitrogen functional groups attached to an aromatic ring is 1. The third kappa shape index (κ3) is 3.89. The molecule has 0 spiro atoms. The summed E-state index contributed by atoms with van der Waals surface area (Å²) in [5, 5.41) is 0. The Morgan fingerprint density at radius 2 is 2.00 bits per heavy atom. The summed E-state index contributed by atoms with van der Waals surface area (Å²) in [6, 6.07) is 1.63. The highest BCUT2D eigenvalue weighted by Crippen LogP contribution is 2.16. The normalized spacial score (nSPS) is 10.7. The van der Waals surface area contributed by atoms with Crippen molar-refractivity contribution in [3.63, 3.8) is 0 Å². The van der Waals surface area contributed by atoms with Gasteiger partial charge in [0.25, 0.3) is 5.91 Å². The Labute approximate surface area is 108 Å². The number of rotatable bonds is 6. The molecule has 0 aliphatic rings. The van der Waals surface area contributed by atoms with Crippen LogP contribution in [0.4, 0.5) is 11.5 Å². The third-order valence-electron chi connectivity index (χ3n) is 2.68. The Bertz CT molecular complexity index is 419. The number of amides is 1. The summed E-state index contributed by atoms with van der Waals surface area (Å²) in [4.78, 5) is 19.5. The van der Waals surface area contributed by atoms with Gasteiger partial charge in [-0.25, -0.2) is 4.98 Å². The summed E-state index contributed by atoms with van der Waals surface area (Å²) in [6.07, 6.45) is 2.49. The fraction of sp³-hybridized carbons (Fsp3) is 0.500. The van der Waals surface area contributed by atoms with Gasteiger partial charge in [-0.2, -0.15) is 0 Å². The number of nitrogens with zero attached hydrogens (tertiary/aromatic N) is 3. The average Bonchev–Trinajstić information content (AvgIpc) is 2.28. The number of hydrogen-bond donors (Lipinski definition) is 2. The van der Waals surface area contributed by atoms with Crippen molar-refractivity contribution in [1.29, 1.82) is 0 Å². The fourth-order valence-corrected chi connectivity index (χ4v) is 1.62. The highest BCUT2D eigenvalue weighted by molar-refractivity contribution is 5.98. The molecule has 18 heavy (non-hydrogen) atoms. The molecule has 4 N–H and O–H groups in total.